The van der Waals surface area contributed by atoms with Crippen molar-refractivity contribution in [3.05, 3.63) is 0 Å². The molecule has 0 aliphatic rings. The quantitative estimate of drug-likeness (QED) is 0.443. The van der Waals surface area contributed by atoms with Crippen LogP contribution in [0.5, 0.6) is 0 Å². The summed E-state index contributed by atoms with van der Waals surface area (Å²) in [6.07, 6.45) is -0.767. The van der Waals surface area contributed by atoms with Crippen LogP contribution in [-0.4, -0.2) is 65.9 Å². The summed E-state index contributed by atoms with van der Waals surface area (Å²) in [4.78, 5) is 29.1. The molecule has 0 aromatic rings. The molecule has 0 saturated heterocycles. The fourth-order valence-corrected chi connectivity index (χ4v) is 0.948. The molecule has 0 aromatic heterocycles. The third-order valence-corrected chi connectivity index (χ3v) is 2.16. The zero-order chi connectivity index (χ0) is 9.07. The molecule has 0 radical (unpaired) electrons. The fraction of sp³-hybridized carbons (Fsp3) is 0.600. The number of carboxylic acids is 1. The molecule has 2 N–H and O–H groups in total. The molecule has 0 aliphatic carbocycles. The number of carboxylic acid groups (broad SMARTS) is 1. The first kappa shape index (κ1) is 19.2. The van der Waals surface area contributed by atoms with Crippen molar-refractivity contribution in [1.29, 1.82) is 0 Å². The van der Waals surface area contributed by atoms with E-state index in [-0.39, 0.29) is 44.1 Å². The van der Waals surface area contributed by atoms with E-state index in [0.29, 0.717) is 0 Å². The molecule has 0 fully saturated rings. The fourth-order valence-electron chi connectivity index (χ4n) is 0.421. The van der Waals surface area contributed by atoms with Gasteiger partial charge < -0.3 is 10.00 Å². The second kappa shape index (κ2) is 7.89. The SMILES string of the molecule is CP(=O)(O)C(=O)CCC(=O)O.[LiH].[LiH]. The molecule has 0 spiro atoms. The first-order chi connectivity index (χ1) is 4.84. The van der Waals surface area contributed by atoms with Crippen LogP contribution in [0.15, 0.2) is 0 Å². The first-order valence-electron chi connectivity index (χ1n) is 2.89. The topological polar surface area (TPSA) is 91.7 Å². The molecule has 0 aliphatic heterocycles. The van der Waals surface area contributed by atoms with Gasteiger partial charge in [-0.15, -0.1) is 0 Å². The number of aliphatic carboxylic acids is 1. The Hall–Kier alpha value is 0.525. The molecule has 0 bridgehead atoms. The van der Waals surface area contributed by atoms with Crippen LogP contribution < -0.4 is 0 Å². The van der Waals surface area contributed by atoms with Crippen LogP contribution in [0.4, 0.5) is 0 Å². The molecule has 0 aromatic carbocycles. The molecule has 1 unspecified atom stereocenters. The monoisotopic (exact) mass is 196 g/mol. The molecule has 5 nitrogen and oxygen atoms in total. The van der Waals surface area contributed by atoms with Crippen molar-refractivity contribution in [1.82, 2.24) is 0 Å². The molecule has 0 amide bonds. The molecule has 0 saturated carbocycles. The van der Waals surface area contributed by atoms with Crippen molar-refractivity contribution in [3.8, 4) is 0 Å². The second-order valence-electron chi connectivity index (χ2n) is 2.17. The summed E-state index contributed by atoms with van der Waals surface area (Å²) in [5.74, 6) is -1.15. The summed E-state index contributed by atoms with van der Waals surface area (Å²) >= 11 is 0. The number of hydrogen-bond donors (Lipinski definition) is 2. The van der Waals surface area contributed by atoms with E-state index >= 15 is 0 Å². The predicted molar refractivity (Wildman–Crippen MR) is 51.9 cm³/mol. The van der Waals surface area contributed by atoms with Gasteiger partial charge in [-0.1, -0.05) is 0 Å². The van der Waals surface area contributed by atoms with E-state index in [0.717, 1.165) is 6.66 Å². The second-order valence-corrected chi connectivity index (χ2v) is 4.42. The van der Waals surface area contributed by atoms with Gasteiger partial charge in [0.2, 0.25) is 5.52 Å². The van der Waals surface area contributed by atoms with Crippen molar-refractivity contribution in [2.75, 3.05) is 6.66 Å². The van der Waals surface area contributed by atoms with Crippen LogP contribution in [-0.2, 0) is 14.2 Å². The Morgan fingerprint density at radius 3 is 1.85 bits per heavy atom. The van der Waals surface area contributed by atoms with Crippen LogP contribution in [0.3, 0.4) is 0 Å². The van der Waals surface area contributed by atoms with E-state index in [1.807, 2.05) is 0 Å². The molecular weight excluding hydrogens is 185 g/mol. The van der Waals surface area contributed by atoms with Gasteiger partial charge in [0, 0.05) is 13.1 Å². The Morgan fingerprint density at radius 2 is 1.62 bits per heavy atom. The van der Waals surface area contributed by atoms with E-state index in [4.69, 9.17) is 10.00 Å². The maximum atomic E-state index is 10.6. The summed E-state index contributed by atoms with van der Waals surface area (Å²) in [6, 6.07) is 0. The van der Waals surface area contributed by atoms with Gasteiger partial charge in [0.25, 0.3) is 7.37 Å². The van der Waals surface area contributed by atoms with Crippen molar-refractivity contribution >= 4 is 56.6 Å². The predicted octanol–water partition coefficient (Wildman–Crippen LogP) is -1.02. The van der Waals surface area contributed by atoms with Crippen molar-refractivity contribution in [2.45, 2.75) is 12.8 Å². The van der Waals surface area contributed by atoms with E-state index < -0.39 is 25.3 Å². The third kappa shape index (κ3) is 10.4. The minimum absolute atomic E-state index is 0. The van der Waals surface area contributed by atoms with Gasteiger partial charge in [-0.2, -0.15) is 0 Å². The molecule has 0 rings (SSSR count). The van der Waals surface area contributed by atoms with Crippen molar-refractivity contribution in [2.24, 2.45) is 0 Å². The van der Waals surface area contributed by atoms with Gasteiger partial charge in [-0.3, -0.25) is 14.2 Å². The zero-order valence-corrected chi connectivity index (χ0v) is 6.88. The zero-order valence-electron chi connectivity index (χ0n) is 5.98. The molecule has 8 heteroatoms. The van der Waals surface area contributed by atoms with Gasteiger partial charge >= 0.3 is 43.7 Å². The van der Waals surface area contributed by atoms with E-state index in [1.54, 1.807) is 0 Å². The van der Waals surface area contributed by atoms with Crippen LogP contribution in [0, 0.1) is 0 Å². The van der Waals surface area contributed by atoms with Crippen molar-refractivity contribution < 1.29 is 24.2 Å². The van der Waals surface area contributed by atoms with Crippen LogP contribution >= 0.6 is 7.37 Å². The molecule has 68 valence electrons. The number of carbonyl (C=O) groups excluding carboxylic acids is 1. The Kier molecular flexibility index (Phi) is 11.6. The molecular formula is C5H11Li2O5P. The Morgan fingerprint density at radius 1 is 1.23 bits per heavy atom. The normalized spacial score (nSPS) is 13.1. The Bertz CT molecular complexity index is 223. The summed E-state index contributed by atoms with van der Waals surface area (Å²) in [6.45, 7) is 0.900. The average Bonchev–Trinajstić information content (AvgIpc) is 1.80. The van der Waals surface area contributed by atoms with Gasteiger partial charge in [0.1, 0.15) is 0 Å². The summed E-state index contributed by atoms with van der Waals surface area (Å²) < 4.78 is 10.5. The standard InChI is InChI=1S/C5H9O5P.2Li.2H/c1-11(9,10)5(8)3-2-4(6)7;;;;/h2-3H2,1H3,(H,6,7)(H,9,10);;;;. The Labute approximate surface area is 100 Å². The minimum atomic E-state index is -3.72. The van der Waals surface area contributed by atoms with Crippen LogP contribution in [0.2, 0.25) is 0 Å². The van der Waals surface area contributed by atoms with E-state index in [9.17, 15) is 14.2 Å². The van der Waals surface area contributed by atoms with Gasteiger partial charge in [0.05, 0.1) is 6.42 Å². The van der Waals surface area contributed by atoms with Crippen LogP contribution in [0.25, 0.3) is 0 Å². The third-order valence-electron chi connectivity index (χ3n) is 1.02. The number of rotatable bonds is 4. The first-order valence-corrected chi connectivity index (χ1v) is 5.00. The van der Waals surface area contributed by atoms with Crippen molar-refractivity contribution in [3.63, 3.8) is 0 Å². The molecule has 1 atom stereocenters. The van der Waals surface area contributed by atoms with E-state index in [2.05, 4.69) is 0 Å². The van der Waals surface area contributed by atoms with E-state index in [1.165, 1.54) is 0 Å². The molecule has 0 heterocycles. The van der Waals surface area contributed by atoms with Gasteiger partial charge in [0.15, 0.2) is 0 Å². The Balaban J connectivity index is -0.000000500. The summed E-state index contributed by atoms with van der Waals surface area (Å²) in [7, 11) is -3.72. The maximum absolute atomic E-state index is 10.6. The number of hydrogen-bond acceptors (Lipinski definition) is 3. The van der Waals surface area contributed by atoms with Gasteiger partial charge in [-0.05, 0) is 0 Å². The van der Waals surface area contributed by atoms with Crippen LogP contribution in [0.1, 0.15) is 12.8 Å². The van der Waals surface area contributed by atoms with Gasteiger partial charge in [-0.25, -0.2) is 0 Å². The average molecular weight is 196 g/mol. The summed E-state index contributed by atoms with van der Waals surface area (Å²) in [5.41, 5.74) is -0.889. The molecule has 13 heavy (non-hydrogen) atoms. The number of carbonyl (C=O) groups is 2. The summed E-state index contributed by atoms with van der Waals surface area (Å²) in [5, 5.41) is 8.10.